The van der Waals surface area contributed by atoms with Crippen molar-refractivity contribution in [2.24, 2.45) is 4.99 Å². The van der Waals surface area contributed by atoms with Gasteiger partial charge in [0.05, 0.1) is 0 Å². The van der Waals surface area contributed by atoms with E-state index >= 15 is 0 Å². The molecule has 2 nitrogen and oxygen atoms in total. The average molecular weight is 241 g/mol. The summed E-state index contributed by atoms with van der Waals surface area (Å²) < 4.78 is 18.4. The topological polar surface area (TPSA) is 21.6 Å². The molecule has 3 rings (SSSR count). The molecule has 0 saturated heterocycles. The molecule has 0 unspecified atom stereocenters. The summed E-state index contributed by atoms with van der Waals surface area (Å²) in [7, 11) is 0. The van der Waals surface area contributed by atoms with Gasteiger partial charge in [0.2, 0.25) is 5.90 Å². The van der Waals surface area contributed by atoms with E-state index in [9.17, 15) is 4.39 Å². The number of aliphatic imine (C=N–C) groups is 1. The molecule has 2 aromatic carbocycles. The Kier molecular flexibility index (Phi) is 2.81. The largest absolute Gasteiger partial charge is 0.475 e. The van der Waals surface area contributed by atoms with Gasteiger partial charge in [0.15, 0.2) is 0 Å². The second kappa shape index (κ2) is 4.61. The van der Waals surface area contributed by atoms with E-state index < -0.39 is 0 Å². The first-order valence-electron chi connectivity index (χ1n) is 5.84. The third-order valence-corrected chi connectivity index (χ3v) is 2.93. The number of hydrogen-bond donors (Lipinski definition) is 0. The van der Waals surface area contributed by atoms with Crippen LogP contribution in [0.25, 0.3) is 0 Å². The van der Waals surface area contributed by atoms with Crippen LogP contribution >= 0.6 is 0 Å². The summed E-state index contributed by atoms with van der Waals surface area (Å²) in [4.78, 5) is 4.53. The van der Waals surface area contributed by atoms with E-state index in [2.05, 4.69) is 4.99 Å². The van der Waals surface area contributed by atoms with Crippen LogP contribution in [0.2, 0.25) is 0 Å². The molecule has 2 aromatic rings. The van der Waals surface area contributed by atoms with Crippen molar-refractivity contribution in [3.63, 3.8) is 0 Å². The zero-order valence-corrected chi connectivity index (χ0v) is 9.71. The third-order valence-electron chi connectivity index (χ3n) is 2.93. The van der Waals surface area contributed by atoms with E-state index in [1.165, 1.54) is 12.1 Å². The van der Waals surface area contributed by atoms with Gasteiger partial charge < -0.3 is 4.74 Å². The Morgan fingerprint density at radius 2 is 1.72 bits per heavy atom. The maximum absolute atomic E-state index is 12.8. The number of benzene rings is 2. The minimum absolute atomic E-state index is 0.0409. The fourth-order valence-corrected chi connectivity index (χ4v) is 1.97. The van der Waals surface area contributed by atoms with Gasteiger partial charge in [-0.15, -0.1) is 0 Å². The van der Waals surface area contributed by atoms with Crippen molar-refractivity contribution in [2.75, 3.05) is 6.61 Å². The van der Waals surface area contributed by atoms with Crippen LogP contribution in [-0.2, 0) is 4.74 Å². The minimum atomic E-state index is -0.232. The first kappa shape index (κ1) is 11.0. The summed E-state index contributed by atoms with van der Waals surface area (Å²) in [6.07, 6.45) is 0. The molecule has 0 spiro atoms. The van der Waals surface area contributed by atoms with Crippen LogP contribution in [0.4, 0.5) is 4.39 Å². The summed E-state index contributed by atoms with van der Waals surface area (Å²) in [5.74, 6) is 0.426. The maximum Gasteiger partial charge on any atom is 0.216 e. The lowest BCUT2D eigenvalue weighted by molar-refractivity contribution is 0.319. The standard InChI is InChI=1S/C15H12FNO/c16-13-8-6-11(7-9-13)14-10-18-15(17-14)12-4-2-1-3-5-12/h1-9,14H,10H2/t14-/m1/s1. The molecule has 0 aliphatic carbocycles. The van der Waals surface area contributed by atoms with Gasteiger partial charge in [-0.2, -0.15) is 0 Å². The zero-order valence-electron chi connectivity index (χ0n) is 9.71. The monoisotopic (exact) mass is 241 g/mol. The van der Waals surface area contributed by atoms with Crippen molar-refractivity contribution in [3.8, 4) is 0 Å². The quantitative estimate of drug-likeness (QED) is 0.790. The Bertz CT molecular complexity index is 563. The van der Waals surface area contributed by atoms with Crippen molar-refractivity contribution in [1.82, 2.24) is 0 Å². The Morgan fingerprint density at radius 1 is 1.00 bits per heavy atom. The predicted molar refractivity (Wildman–Crippen MR) is 68.1 cm³/mol. The Balaban J connectivity index is 1.85. The van der Waals surface area contributed by atoms with Crippen molar-refractivity contribution in [3.05, 3.63) is 71.5 Å². The second-order valence-electron chi connectivity index (χ2n) is 4.18. The highest BCUT2D eigenvalue weighted by Crippen LogP contribution is 2.25. The molecule has 0 bridgehead atoms. The Hall–Kier alpha value is -2.16. The highest BCUT2D eigenvalue weighted by Gasteiger charge is 2.21. The average Bonchev–Trinajstić information content (AvgIpc) is 2.90. The SMILES string of the molecule is Fc1ccc([C@H]2COC(c3ccccc3)=N2)cc1. The van der Waals surface area contributed by atoms with E-state index in [1.807, 2.05) is 30.3 Å². The van der Waals surface area contributed by atoms with Crippen molar-refractivity contribution in [1.29, 1.82) is 0 Å². The van der Waals surface area contributed by atoms with Crippen molar-refractivity contribution in [2.45, 2.75) is 6.04 Å². The van der Waals surface area contributed by atoms with Crippen molar-refractivity contribution >= 4 is 5.90 Å². The molecule has 1 heterocycles. The van der Waals surface area contributed by atoms with Crippen LogP contribution < -0.4 is 0 Å². The number of halogens is 1. The fraction of sp³-hybridized carbons (Fsp3) is 0.133. The number of nitrogens with zero attached hydrogens (tertiary/aromatic N) is 1. The molecule has 1 atom stereocenters. The molecular formula is C15H12FNO. The summed E-state index contributed by atoms with van der Waals surface area (Å²) in [5, 5.41) is 0. The van der Waals surface area contributed by atoms with Gasteiger partial charge in [-0.25, -0.2) is 9.38 Å². The van der Waals surface area contributed by atoms with E-state index in [0.29, 0.717) is 12.5 Å². The van der Waals surface area contributed by atoms with Crippen LogP contribution in [0.1, 0.15) is 17.2 Å². The molecule has 0 aromatic heterocycles. The van der Waals surface area contributed by atoms with Gasteiger partial charge in [-0.05, 0) is 29.8 Å². The zero-order chi connectivity index (χ0) is 12.4. The van der Waals surface area contributed by atoms with E-state index in [0.717, 1.165) is 11.1 Å². The minimum Gasteiger partial charge on any atom is -0.475 e. The summed E-state index contributed by atoms with van der Waals surface area (Å²) in [6, 6.07) is 16.1. The normalized spacial score (nSPS) is 18.3. The number of hydrogen-bond acceptors (Lipinski definition) is 2. The summed E-state index contributed by atoms with van der Waals surface area (Å²) in [5.41, 5.74) is 1.95. The van der Waals surface area contributed by atoms with Gasteiger partial charge in [0, 0.05) is 5.56 Å². The molecule has 0 saturated carbocycles. The van der Waals surface area contributed by atoms with Gasteiger partial charge >= 0.3 is 0 Å². The Morgan fingerprint density at radius 3 is 2.44 bits per heavy atom. The summed E-state index contributed by atoms with van der Waals surface area (Å²) >= 11 is 0. The smallest absolute Gasteiger partial charge is 0.216 e. The molecular weight excluding hydrogens is 229 g/mol. The lowest BCUT2D eigenvalue weighted by atomic mass is 10.1. The van der Waals surface area contributed by atoms with Crippen LogP contribution in [0.3, 0.4) is 0 Å². The summed E-state index contributed by atoms with van der Waals surface area (Å²) in [6.45, 7) is 0.510. The molecule has 3 heteroatoms. The molecule has 0 radical (unpaired) electrons. The van der Waals surface area contributed by atoms with Gasteiger partial charge in [0.25, 0.3) is 0 Å². The van der Waals surface area contributed by atoms with Gasteiger partial charge in [-0.1, -0.05) is 30.3 Å². The molecule has 0 amide bonds. The molecule has 1 aliphatic heterocycles. The van der Waals surface area contributed by atoms with Crippen LogP contribution in [-0.4, -0.2) is 12.5 Å². The fourth-order valence-electron chi connectivity index (χ4n) is 1.97. The second-order valence-corrected chi connectivity index (χ2v) is 4.18. The van der Waals surface area contributed by atoms with Gasteiger partial charge in [-0.3, -0.25) is 0 Å². The first-order chi connectivity index (χ1) is 8.83. The third kappa shape index (κ3) is 2.12. The maximum atomic E-state index is 12.8. The van der Waals surface area contributed by atoms with E-state index in [-0.39, 0.29) is 11.9 Å². The highest BCUT2D eigenvalue weighted by atomic mass is 19.1. The molecule has 90 valence electrons. The highest BCUT2D eigenvalue weighted by molar-refractivity contribution is 5.95. The van der Waals surface area contributed by atoms with Crippen LogP contribution in [0.5, 0.6) is 0 Å². The number of ether oxygens (including phenoxy) is 1. The molecule has 18 heavy (non-hydrogen) atoms. The first-order valence-corrected chi connectivity index (χ1v) is 5.84. The van der Waals surface area contributed by atoms with Gasteiger partial charge in [0.1, 0.15) is 18.5 Å². The number of rotatable bonds is 2. The lowest BCUT2D eigenvalue weighted by Gasteiger charge is -2.04. The van der Waals surface area contributed by atoms with Crippen LogP contribution in [0.15, 0.2) is 59.6 Å². The molecule has 1 aliphatic rings. The predicted octanol–water partition coefficient (Wildman–Crippen LogP) is 3.34. The lowest BCUT2D eigenvalue weighted by Crippen LogP contribution is -2.00. The molecule has 0 N–H and O–H groups in total. The molecule has 0 fully saturated rings. The van der Waals surface area contributed by atoms with Crippen molar-refractivity contribution < 1.29 is 9.13 Å². The van der Waals surface area contributed by atoms with E-state index in [4.69, 9.17) is 4.74 Å². The van der Waals surface area contributed by atoms with Crippen LogP contribution in [0, 0.1) is 5.82 Å². The van der Waals surface area contributed by atoms with E-state index in [1.54, 1.807) is 12.1 Å². The Labute approximate surface area is 105 Å².